The molecule has 0 amide bonds. The second-order valence-corrected chi connectivity index (χ2v) is 9.11. The summed E-state index contributed by atoms with van der Waals surface area (Å²) in [5.41, 5.74) is -0.632. The Morgan fingerprint density at radius 2 is 1.77 bits per heavy atom. The van der Waals surface area contributed by atoms with Gasteiger partial charge in [-0.25, -0.2) is 13.1 Å². The predicted molar refractivity (Wildman–Crippen MR) is 119 cm³/mol. The van der Waals surface area contributed by atoms with Crippen LogP contribution in [0.1, 0.15) is 59.3 Å². The fourth-order valence-electron chi connectivity index (χ4n) is 2.96. The summed E-state index contributed by atoms with van der Waals surface area (Å²) >= 11 is 0. The number of rotatable bonds is 9. The standard InChI is InChI=1S/C17H36N4O3S.HI/c1-5-18-16(20-14-17(2,3)21-25(4,22)23)19-12-13-24-15-10-8-6-7-9-11-15;/h15,21H,5-14H2,1-4H3,(H2,18,19,20);1H. The van der Waals surface area contributed by atoms with Crippen LogP contribution < -0.4 is 15.4 Å². The Bertz CT molecular complexity index is 504. The van der Waals surface area contributed by atoms with Gasteiger partial charge in [0.25, 0.3) is 0 Å². The first-order valence-corrected chi connectivity index (χ1v) is 11.2. The van der Waals surface area contributed by atoms with E-state index in [1.54, 1.807) is 0 Å². The highest BCUT2D eigenvalue weighted by molar-refractivity contribution is 14.0. The van der Waals surface area contributed by atoms with Crippen LogP contribution in [0, 0.1) is 0 Å². The van der Waals surface area contributed by atoms with Gasteiger partial charge in [0.15, 0.2) is 5.96 Å². The molecule has 0 atom stereocenters. The molecule has 0 aliphatic heterocycles. The van der Waals surface area contributed by atoms with Crippen molar-refractivity contribution in [1.82, 2.24) is 15.4 Å². The maximum atomic E-state index is 11.4. The van der Waals surface area contributed by atoms with Crippen LogP contribution in [0.3, 0.4) is 0 Å². The van der Waals surface area contributed by atoms with Crippen LogP contribution in [0.5, 0.6) is 0 Å². The molecule has 1 rings (SSSR count). The van der Waals surface area contributed by atoms with Crippen molar-refractivity contribution < 1.29 is 13.2 Å². The van der Waals surface area contributed by atoms with Gasteiger partial charge in [-0.05, 0) is 33.6 Å². The van der Waals surface area contributed by atoms with Gasteiger partial charge in [-0.3, -0.25) is 4.99 Å². The fourth-order valence-corrected chi connectivity index (χ4v) is 4.02. The third kappa shape index (κ3) is 13.1. The van der Waals surface area contributed by atoms with Gasteiger partial charge in [0.05, 0.1) is 25.5 Å². The number of hydrogen-bond donors (Lipinski definition) is 3. The summed E-state index contributed by atoms with van der Waals surface area (Å²) in [6.45, 7) is 8.06. The zero-order valence-corrected chi connectivity index (χ0v) is 19.8. The molecule has 0 heterocycles. The third-order valence-electron chi connectivity index (χ3n) is 3.99. The minimum Gasteiger partial charge on any atom is -0.376 e. The molecular formula is C17H37IN4O3S. The van der Waals surface area contributed by atoms with E-state index in [4.69, 9.17) is 4.74 Å². The lowest BCUT2D eigenvalue weighted by Crippen LogP contribution is -2.47. The van der Waals surface area contributed by atoms with Crippen molar-refractivity contribution in [3.05, 3.63) is 0 Å². The number of sulfonamides is 1. The molecule has 0 aromatic rings. The van der Waals surface area contributed by atoms with Crippen molar-refractivity contribution in [2.75, 3.05) is 32.5 Å². The summed E-state index contributed by atoms with van der Waals surface area (Å²) in [6.07, 6.45) is 9.07. The van der Waals surface area contributed by atoms with E-state index in [1.807, 2.05) is 20.8 Å². The minimum atomic E-state index is -3.26. The van der Waals surface area contributed by atoms with E-state index in [-0.39, 0.29) is 24.0 Å². The Labute approximate surface area is 176 Å². The lowest BCUT2D eigenvalue weighted by Gasteiger charge is -2.23. The first-order chi connectivity index (χ1) is 11.7. The zero-order valence-electron chi connectivity index (χ0n) is 16.6. The van der Waals surface area contributed by atoms with Crippen molar-refractivity contribution >= 4 is 40.0 Å². The molecule has 26 heavy (non-hydrogen) atoms. The summed E-state index contributed by atoms with van der Waals surface area (Å²) < 4.78 is 31.4. The van der Waals surface area contributed by atoms with Gasteiger partial charge in [-0.1, -0.05) is 25.7 Å². The number of nitrogens with one attached hydrogen (secondary N) is 3. The van der Waals surface area contributed by atoms with Gasteiger partial charge in [-0.2, -0.15) is 0 Å². The largest absolute Gasteiger partial charge is 0.376 e. The Balaban J connectivity index is 0.00000625. The Morgan fingerprint density at radius 3 is 2.31 bits per heavy atom. The SMILES string of the molecule is CCNC(=NCC(C)(C)NS(C)(=O)=O)NCCOC1CCCCCC1.I. The van der Waals surface area contributed by atoms with E-state index >= 15 is 0 Å². The van der Waals surface area contributed by atoms with Crippen molar-refractivity contribution in [1.29, 1.82) is 0 Å². The summed E-state index contributed by atoms with van der Waals surface area (Å²) in [5.74, 6) is 0.676. The maximum absolute atomic E-state index is 11.4. The second kappa shape index (κ2) is 13.1. The molecule has 1 fully saturated rings. The highest BCUT2D eigenvalue weighted by Gasteiger charge is 2.21. The molecule has 0 unspecified atom stereocenters. The highest BCUT2D eigenvalue weighted by atomic mass is 127. The van der Waals surface area contributed by atoms with E-state index in [1.165, 1.54) is 38.5 Å². The number of hydrogen-bond acceptors (Lipinski definition) is 4. The number of nitrogens with zero attached hydrogens (tertiary/aromatic N) is 1. The lowest BCUT2D eigenvalue weighted by atomic mass is 10.1. The molecule has 0 spiro atoms. The molecule has 0 bridgehead atoms. The van der Waals surface area contributed by atoms with Crippen LogP contribution in [0.4, 0.5) is 0 Å². The fraction of sp³-hybridized carbons (Fsp3) is 0.941. The zero-order chi connectivity index (χ0) is 18.8. The predicted octanol–water partition coefficient (Wildman–Crippen LogP) is 2.23. The molecule has 1 saturated carbocycles. The number of aliphatic imine (C=N–C) groups is 1. The molecular weight excluding hydrogens is 467 g/mol. The molecule has 7 nitrogen and oxygen atoms in total. The summed E-state index contributed by atoms with van der Waals surface area (Å²) in [6, 6.07) is 0. The molecule has 1 aliphatic rings. The van der Waals surface area contributed by atoms with Crippen molar-refractivity contribution in [2.24, 2.45) is 4.99 Å². The Kier molecular flexibility index (Phi) is 13.0. The average Bonchev–Trinajstić information content (AvgIpc) is 2.75. The van der Waals surface area contributed by atoms with Crippen molar-refractivity contribution in [3.8, 4) is 0 Å². The Hall–Kier alpha value is -0.130. The number of halogens is 1. The van der Waals surface area contributed by atoms with Crippen LogP contribution in [-0.2, 0) is 14.8 Å². The first-order valence-electron chi connectivity index (χ1n) is 9.34. The van der Waals surface area contributed by atoms with Gasteiger partial charge in [0.1, 0.15) is 0 Å². The van der Waals surface area contributed by atoms with Crippen LogP contribution in [0.25, 0.3) is 0 Å². The molecule has 9 heteroatoms. The van der Waals surface area contributed by atoms with Gasteiger partial charge in [0, 0.05) is 18.6 Å². The Morgan fingerprint density at radius 1 is 1.15 bits per heavy atom. The summed E-state index contributed by atoms with van der Waals surface area (Å²) in [4.78, 5) is 4.48. The summed E-state index contributed by atoms with van der Waals surface area (Å²) in [5, 5.41) is 6.42. The van der Waals surface area contributed by atoms with Gasteiger partial charge < -0.3 is 15.4 Å². The van der Waals surface area contributed by atoms with Gasteiger partial charge in [-0.15, -0.1) is 24.0 Å². The second-order valence-electron chi connectivity index (χ2n) is 7.36. The molecule has 0 radical (unpaired) electrons. The number of ether oxygens (including phenoxy) is 1. The van der Waals surface area contributed by atoms with Crippen LogP contribution in [0.15, 0.2) is 4.99 Å². The van der Waals surface area contributed by atoms with Gasteiger partial charge >= 0.3 is 0 Å². The first kappa shape index (κ1) is 25.9. The minimum absolute atomic E-state index is 0. The maximum Gasteiger partial charge on any atom is 0.209 e. The van der Waals surface area contributed by atoms with E-state index in [2.05, 4.69) is 20.3 Å². The van der Waals surface area contributed by atoms with Crippen LogP contribution in [-0.4, -0.2) is 58.5 Å². The lowest BCUT2D eigenvalue weighted by molar-refractivity contribution is 0.0468. The molecule has 0 saturated heterocycles. The topological polar surface area (TPSA) is 91.8 Å². The van der Waals surface area contributed by atoms with E-state index < -0.39 is 15.6 Å². The van der Waals surface area contributed by atoms with Crippen LogP contribution in [0.2, 0.25) is 0 Å². The van der Waals surface area contributed by atoms with E-state index in [0.29, 0.717) is 31.8 Å². The normalized spacial score (nSPS) is 17.3. The average molecular weight is 504 g/mol. The van der Waals surface area contributed by atoms with E-state index in [0.717, 1.165) is 12.8 Å². The molecule has 3 N–H and O–H groups in total. The van der Waals surface area contributed by atoms with E-state index in [9.17, 15) is 8.42 Å². The highest BCUT2D eigenvalue weighted by Crippen LogP contribution is 2.19. The van der Waals surface area contributed by atoms with Crippen molar-refractivity contribution in [2.45, 2.75) is 70.9 Å². The molecule has 0 aromatic heterocycles. The number of guanidine groups is 1. The smallest absolute Gasteiger partial charge is 0.209 e. The monoisotopic (exact) mass is 504 g/mol. The molecule has 156 valence electrons. The summed E-state index contributed by atoms with van der Waals surface area (Å²) in [7, 11) is -3.26. The quantitative estimate of drug-likeness (QED) is 0.147. The van der Waals surface area contributed by atoms with Crippen molar-refractivity contribution in [3.63, 3.8) is 0 Å². The molecule has 0 aromatic carbocycles. The van der Waals surface area contributed by atoms with Crippen LogP contribution >= 0.6 is 24.0 Å². The molecule has 1 aliphatic carbocycles. The third-order valence-corrected chi connectivity index (χ3v) is 4.91. The van der Waals surface area contributed by atoms with Gasteiger partial charge in [0.2, 0.25) is 10.0 Å².